The Morgan fingerprint density at radius 1 is 1.20 bits per heavy atom. The molecule has 210 valence electrons. The fraction of sp³-hybridized carbons (Fsp3) is 0.308. The number of carbonyl (C=O) groups is 4. The Bertz CT molecular complexity index is 1390. The summed E-state index contributed by atoms with van der Waals surface area (Å²) in [7, 11) is 0. The number of ether oxygens (including phenoxy) is 2. The molecular weight excluding hydrogens is 564 g/mol. The molecule has 2 aromatic carbocycles. The summed E-state index contributed by atoms with van der Waals surface area (Å²) in [5, 5.41) is 13.8. The second-order valence-corrected chi connectivity index (χ2v) is 10.2. The van der Waals surface area contributed by atoms with E-state index in [1.54, 1.807) is 12.1 Å². The zero-order valence-electron chi connectivity index (χ0n) is 21.4. The van der Waals surface area contributed by atoms with Crippen molar-refractivity contribution in [2.24, 2.45) is 0 Å². The molecule has 2 aromatic rings. The Hall–Kier alpha value is -3.94. The Morgan fingerprint density at radius 2 is 1.95 bits per heavy atom. The average Bonchev–Trinajstić information content (AvgIpc) is 3.20. The van der Waals surface area contributed by atoms with E-state index in [1.165, 1.54) is 30.3 Å². The summed E-state index contributed by atoms with van der Waals surface area (Å²) in [6, 6.07) is 8.81. The summed E-state index contributed by atoms with van der Waals surface area (Å²) in [6.07, 6.45) is 2.01. The maximum atomic E-state index is 12.9. The molecular formula is C26H25ClN4O8S. The number of benzene rings is 2. The number of morpholine rings is 1. The van der Waals surface area contributed by atoms with Crippen LogP contribution in [0, 0.1) is 10.1 Å². The molecule has 12 nitrogen and oxygen atoms in total. The van der Waals surface area contributed by atoms with Crippen LogP contribution in [0.4, 0.5) is 21.9 Å². The van der Waals surface area contributed by atoms with Crippen molar-refractivity contribution in [3.8, 4) is 0 Å². The largest absolute Gasteiger partial charge is 0.462 e. The number of nitro groups is 1. The van der Waals surface area contributed by atoms with E-state index in [4.69, 9.17) is 21.1 Å². The van der Waals surface area contributed by atoms with Crippen molar-refractivity contribution in [1.29, 1.82) is 0 Å². The molecule has 3 amide bonds. The first-order valence-corrected chi connectivity index (χ1v) is 13.5. The normalized spacial score (nSPS) is 16.4. The van der Waals surface area contributed by atoms with E-state index in [0.717, 1.165) is 4.90 Å². The maximum absolute atomic E-state index is 12.9. The molecule has 2 aliphatic heterocycles. The maximum Gasteiger partial charge on any atom is 0.339 e. The third-order valence-electron chi connectivity index (χ3n) is 5.93. The molecule has 1 N–H and O–H groups in total. The number of anilines is 2. The van der Waals surface area contributed by atoms with Crippen LogP contribution in [0.2, 0.25) is 5.02 Å². The predicted octanol–water partition coefficient (Wildman–Crippen LogP) is 4.33. The van der Waals surface area contributed by atoms with Gasteiger partial charge in [0, 0.05) is 24.8 Å². The van der Waals surface area contributed by atoms with E-state index >= 15 is 0 Å². The molecule has 2 saturated heterocycles. The Morgan fingerprint density at radius 3 is 2.65 bits per heavy atom. The second-order valence-electron chi connectivity index (χ2n) is 8.75. The van der Waals surface area contributed by atoms with Crippen LogP contribution >= 0.6 is 23.4 Å². The average molecular weight is 589 g/mol. The van der Waals surface area contributed by atoms with Crippen molar-refractivity contribution in [3.63, 3.8) is 0 Å². The summed E-state index contributed by atoms with van der Waals surface area (Å²) < 4.78 is 10.4. The van der Waals surface area contributed by atoms with Crippen molar-refractivity contribution < 1.29 is 33.6 Å². The van der Waals surface area contributed by atoms with E-state index in [2.05, 4.69) is 5.32 Å². The summed E-state index contributed by atoms with van der Waals surface area (Å²) in [6.45, 7) is 3.44. The number of imide groups is 1. The zero-order chi connectivity index (χ0) is 28.8. The van der Waals surface area contributed by atoms with Crippen molar-refractivity contribution in [1.82, 2.24) is 4.90 Å². The van der Waals surface area contributed by atoms with E-state index in [9.17, 15) is 29.3 Å². The van der Waals surface area contributed by atoms with E-state index in [-0.39, 0.29) is 33.5 Å². The predicted molar refractivity (Wildman–Crippen MR) is 149 cm³/mol. The first-order chi connectivity index (χ1) is 19.2. The van der Waals surface area contributed by atoms with Gasteiger partial charge in [0.2, 0.25) is 5.91 Å². The van der Waals surface area contributed by atoms with Crippen molar-refractivity contribution >= 4 is 69.5 Å². The van der Waals surface area contributed by atoms with E-state index in [0.29, 0.717) is 55.7 Å². The molecule has 0 spiro atoms. The summed E-state index contributed by atoms with van der Waals surface area (Å²) >= 11 is 6.71. The lowest BCUT2D eigenvalue weighted by Gasteiger charge is -2.28. The third kappa shape index (κ3) is 6.79. The number of hydrogen-bond acceptors (Lipinski definition) is 10. The summed E-state index contributed by atoms with van der Waals surface area (Å²) in [5.41, 5.74) is 0.973. The minimum Gasteiger partial charge on any atom is -0.462 e. The quantitative estimate of drug-likeness (QED) is 0.194. The van der Waals surface area contributed by atoms with Gasteiger partial charge in [-0.3, -0.25) is 29.4 Å². The minimum absolute atomic E-state index is 0.0265. The number of esters is 1. The highest BCUT2D eigenvalue weighted by atomic mass is 35.5. The van der Waals surface area contributed by atoms with Crippen LogP contribution in [-0.2, 0) is 19.1 Å². The number of rotatable bonds is 9. The van der Waals surface area contributed by atoms with Gasteiger partial charge >= 0.3 is 5.97 Å². The highest BCUT2D eigenvalue weighted by Gasteiger charge is 2.36. The second kappa shape index (κ2) is 12.9. The number of thioether (sulfide) groups is 1. The zero-order valence-corrected chi connectivity index (χ0v) is 23.0. The van der Waals surface area contributed by atoms with E-state index in [1.807, 2.05) is 11.8 Å². The standard InChI is InChI=1S/C26H25ClN4O8S/c1-2-9-39-25(34)18-14-17(4-5-19(18)27)28-23(32)15-30-24(33)22(40-26(30)35)13-16-3-6-20(21(12-16)31(36)37)29-7-10-38-11-8-29/h3-6,12-14H,2,7-11,15H2,1H3,(H,28,32)/b22-13-. The molecule has 0 bridgehead atoms. The number of carbonyl (C=O) groups excluding carboxylic acids is 4. The van der Waals surface area contributed by atoms with Crippen molar-refractivity contribution in [2.75, 3.05) is 49.7 Å². The van der Waals surface area contributed by atoms with Crippen molar-refractivity contribution in [3.05, 3.63) is 67.6 Å². The molecule has 2 heterocycles. The fourth-order valence-electron chi connectivity index (χ4n) is 4.01. The molecule has 40 heavy (non-hydrogen) atoms. The van der Waals surface area contributed by atoms with Crippen LogP contribution in [0.3, 0.4) is 0 Å². The lowest BCUT2D eigenvalue weighted by atomic mass is 10.1. The van der Waals surface area contributed by atoms with Crippen LogP contribution in [-0.4, -0.2) is 72.3 Å². The number of nitrogens with one attached hydrogen (secondary N) is 1. The molecule has 0 unspecified atom stereocenters. The molecule has 0 radical (unpaired) electrons. The van der Waals surface area contributed by atoms with Crippen molar-refractivity contribution in [2.45, 2.75) is 13.3 Å². The molecule has 2 aliphatic rings. The summed E-state index contributed by atoms with van der Waals surface area (Å²) in [5.74, 6) is -2.02. The third-order valence-corrected chi connectivity index (χ3v) is 7.17. The number of amides is 3. The monoisotopic (exact) mass is 588 g/mol. The fourth-order valence-corrected chi connectivity index (χ4v) is 5.04. The molecule has 14 heteroatoms. The lowest BCUT2D eigenvalue weighted by Crippen LogP contribution is -2.36. The van der Waals surface area contributed by atoms with Crippen LogP contribution in [0.5, 0.6) is 0 Å². The topological polar surface area (TPSA) is 148 Å². The molecule has 4 rings (SSSR count). The number of halogens is 1. The Balaban J connectivity index is 1.45. The smallest absolute Gasteiger partial charge is 0.339 e. The highest BCUT2D eigenvalue weighted by Crippen LogP contribution is 2.35. The number of nitrogens with zero attached hydrogens (tertiary/aromatic N) is 3. The van der Waals surface area contributed by atoms with Gasteiger partial charge in [-0.05, 0) is 54.1 Å². The molecule has 0 atom stereocenters. The molecule has 0 aliphatic carbocycles. The highest BCUT2D eigenvalue weighted by molar-refractivity contribution is 8.18. The Kier molecular flexibility index (Phi) is 9.40. The minimum atomic E-state index is -0.704. The lowest BCUT2D eigenvalue weighted by molar-refractivity contribution is -0.384. The van der Waals surface area contributed by atoms with E-state index < -0.39 is 34.5 Å². The van der Waals surface area contributed by atoms with Gasteiger partial charge in [0.1, 0.15) is 12.2 Å². The van der Waals surface area contributed by atoms with Crippen LogP contribution in [0.15, 0.2) is 41.3 Å². The Labute approximate surface area is 238 Å². The molecule has 2 fully saturated rings. The van der Waals surface area contributed by atoms with Gasteiger partial charge in [0.05, 0.1) is 40.2 Å². The van der Waals surface area contributed by atoms with Crippen LogP contribution in [0.1, 0.15) is 29.3 Å². The van der Waals surface area contributed by atoms with Crippen LogP contribution in [0.25, 0.3) is 6.08 Å². The van der Waals surface area contributed by atoms with Gasteiger partial charge in [0.25, 0.3) is 16.8 Å². The molecule has 0 aromatic heterocycles. The SMILES string of the molecule is CCCOC(=O)c1cc(NC(=O)CN2C(=O)S/C(=C\c3ccc(N4CCOCC4)c([N+](=O)[O-])c3)C2=O)ccc1Cl. The van der Waals surface area contributed by atoms with Gasteiger partial charge in [-0.15, -0.1) is 0 Å². The van der Waals surface area contributed by atoms with Gasteiger partial charge in [-0.25, -0.2) is 4.79 Å². The molecule has 0 saturated carbocycles. The van der Waals surface area contributed by atoms with Crippen LogP contribution < -0.4 is 10.2 Å². The van der Waals surface area contributed by atoms with Gasteiger partial charge in [0.15, 0.2) is 0 Å². The van der Waals surface area contributed by atoms with Gasteiger partial charge in [-0.2, -0.15) is 0 Å². The first kappa shape index (κ1) is 29.1. The van der Waals surface area contributed by atoms with Gasteiger partial charge in [-0.1, -0.05) is 24.6 Å². The number of hydrogen-bond donors (Lipinski definition) is 1. The number of nitro benzene ring substituents is 1. The summed E-state index contributed by atoms with van der Waals surface area (Å²) in [4.78, 5) is 64.2. The van der Waals surface area contributed by atoms with Gasteiger partial charge < -0.3 is 19.7 Å². The first-order valence-electron chi connectivity index (χ1n) is 12.3.